The number of benzene rings is 1. The summed E-state index contributed by atoms with van der Waals surface area (Å²) in [4.78, 5) is 10.1. The van der Waals surface area contributed by atoms with Gasteiger partial charge in [0.2, 0.25) is 0 Å². The van der Waals surface area contributed by atoms with E-state index in [1.54, 1.807) is 30.3 Å². The number of rotatable bonds is 5. The van der Waals surface area contributed by atoms with Gasteiger partial charge in [0, 0.05) is 5.75 Å². The quantitative estimate of drug-likeness (QED) is 0.411. The molecule has 86 valence electrons. The van der Waals surface area contributed by atoms with Crippen LogP contribution in [-0.4, -0.2) is 28.4 Å². The van der Waals surface area contributed by atoms with Gasteiger partial charge in [0.25, 0.3) is 0 Å². The van der Waals surface area contributed by atoms with E-state index in [0.717, 1.165) is 5.56 Å². The summed E-state index contributed by atoms with van der Waals surface area (Å²) in [5.74, 6) is 0.202. The molecule has 0 saturated heterocycles. The minimum absolute atomic E-state index is 0.202. The Kier molecular flexibility index (Phi) is 5.25. The molecule has 1 rings (SSSR count). The number of allylic oxidation sites excluding steroid dienone is 1. The molecule has 3 nitrogen and oxygen atoms in total. The van der Waals surface area contributed by atoms with Crippen molar-refractivity contribution in [3.63, 3.8) is 0 Å². The summed E-state index contributed by atoms with van der Waals surface area (Å²) < 4.78 is 0. The van der Waals surface area contributed by atoms with Gasteiger partial charge in [-0.1, -0.05) is 30.3 Å². The van der Waals surface area contributed by atoms with Gasteiger partial charge in [-0.05, 0) is 17.2 Å². The Morgan fingerprint density at radius 2 is 1.88 bits per heavy atom. The van der Waals surface area contributed by atoms with Gasteiger partial charge in [0.1, 0.15) is 12.4 Å². The van der Waals surface area contributed by atoms with E-state index < -0.39 is 12.2 Å². The second-order valence-electron chi connectivity index (χ2n) is 3.36. The molecule has 0 saturated carbocycles. The molecule has 0 radical (unpaired) electrons. The molecule has 1 aromatic rings. The predicted molar refractivity (Wildman–Crippen MR) is 66.4 cm³/mol. The van der Waals surface area contributed by atoms with E-state index in [4.69, 9.17) is 0 Å². The Morgan fingerprint density at radius 3 is 2.38 bits per heavy atom. The van der Waals surface area contributed by atoms with Crippen LogP contribution in [0.25, 0.3) is 6.08 Å². The average Bonchev–Trinajstić information content (AvgIpc) is 2.35. The molecule has 4 heteroatoms. The molecule has 0 amide bonds. The lowest BCUT2D eigenvalue weighted by Gasteiger charge is -2.16. The summed E-state index contributed by atoms with van der Waals surface area (Å²) in [6.45, 7) is 0. The van der Waals surface area contributed by atoms with Gasteiger partial charge in [-0.2, -0.15) is 12.6 Å². The number of aliphatic hydroxyl groups excluding tert-OH is 2. The van der Waals surface area contributed by atoms with Crippen molar-refractivity contribution >= 4 is 25.0 Å². The van der Waals surface area contributed by atoms with Crippen molar-refractivity contribution < 1.29 is 15.0 Å². The molecule has 2 N–H and O–H groups in total. The topological polar surface area (TPSA) is 57.5 Å². The summed E-state index contributed by atoms with van der Waals surface area (Å²) in [6.07, 6.45) is 1.96. The SMILES string of the molecule is O=C/C=C/c1ccc(C(O)C(O)CS)cc1. The molecule has 2 atom stereocenters. The Morgan fingerprint density at radius 1 is 1.25 bits per heavy atom. The molecule has 1 aromatic carbocycles. The molecular formula is C12H14O3S. The molecule has 0 heterocycles. The fourth-order valence-electron chi connectivity index (χ4n) is 1.28. The Labute approximate surface area is 99.8 Å². The summed E-state index contributed by atoms with van der Waals surface area (Å²) in [6, 6.07) is 6.96. The molecule has 0 aliphatic heterocycles. The maximum atomic E-state index is 10.1. The van der Waals surface area contributed by atoms with Crippen LogP contribution in [0.1, 0.15) is 17.2 Å². The molecular weight excluding hydrogens is 224 g/mol. The largest absolute Gasteiger partial charge is 0.389 e. The Bertz CT molecular complexity index is 359. The van der Waals surface area contributed by atoms with Gasteiger partial charge in [0.05, 0.1) is 6.10 Å². The van der Waals surface area contributed by atoms with E-state index in [9.17, 15) is 15.0 Å². The number of hydrogen-bond donors (Lipinski definition) is 3. The van der Waals surface area contributed by atoms with Crippen molar-refractivity contribution in [3.8, 4) is 0 Å². The highest BCUT2D eigenvalue weighted by molar-refractivity contribution is 7.80. The lowest BCUT2D eigenvalue weighted by atomic mass is 10.0. The number of carbonyl (C=O) groups is 1. The van der Waals surface area contributed by atoms with Crippen LogP contribution in [0, 0.1) is 0 Å². The van der Waals surface area contributed by atoms with Crippen LogP contribution >= 0.6 is 12.6 Å². The number of aliphatic hydroxyl groups is 2. The lowest BCUT2D eigenvalue weighted by molar-refractivity contribution is -0.104. The molecule has 0 fully saturated rings. The highest BCUT2D eigenvalue weighted by Gasteiger charge is 2.16. The second kappa shape index (κ2) is 6.48. The molecule has 0 bridgehead atoms. The molecule has 16 heavy (non-hydrogen) atoms. The second-order valence-corrected chi connectivity index (χ2v) is 3.72. The van der Waals surface area contributed by atoms with Crippen LogP contribution in [-0.2, 0) is 4.79 Å². The van der Waals surface area contributed by atoms with Crippen LogP contribution in [0.4, 0.5) is 0 Å². The standard InChI is InChI=1S/C12H14O3S/c13-7-1-2-9-3-5-10(6-4-9)12(15)11(14)8-16/h1-7,11-12,14-16H,8H2/b2-1+. The minimum Gasteiger partial charge on any atom is -0.389 e. The van der Waals surface area contributed by atoms with Crippen molar-refractivity contribution in [1.82, 2.24) is 0 Å². The first-order chi connectivity index (χ1) is 7.69. The van der Waals surface area contributed by atoms with E-state index in [1.807, 2.05) is 0 Å². The van der Waals surface area contributed by atoms with Crippen molar-refractivity contribution in [2.75, 3.05) is 5.75 Å². The normalized spacial score (nSPS) is 14.9. The highest BCUT2D eigenvalue weighted by atomic mass is 32.1. The summed E-state index contributed by atoms with van der Waals surface area (Å²) in [5.41, 5.74) is 1.49. The number of aldehydes is 1. The van der Waals surface area contributed by atoms with E-state index in [-0.39, 0.29) is 5.75 Å². The van der Waals surface area contributed by atoms with Gasteiger partial charge in [0.15, 0.2) is 0 Å². The van der Waals surface area contributed by atoms with Gasteiger partial charge >= 0.3 is 0 Å². The van der Waals surface area contributed by atoms with Crippen LogP contribution < -0.4 is 0 Å². The van der Waals surface area contributed by atoms with Crippen molar-refractivity contribution in [3.05, 3.63) is 41.5 Å². The monoisotopic (exact) mass is 238 g/mol. The number of carbonyl (C=O) groups excluding carboxylic acids is 1. The van der Waals surface area contributed by atoms with Crippen LogP contribution in [0.3, 0.4) is 0 Å². The summed E-state index contributed by atoms with van der Waals surface area (Å²) >= 11 is 3.91. The maximum Gasteiger partial charge on any atom is 0.142 e. The summed E-state index contributed by atoms with van der Waals surface area (Å²) in [5, 5.41) is 19.1. The first-order valence-electron chi connectivity index (χ1n) is 4.88. The van der Waals surface area contributed by atoms with E-state index in [0.29, 0.717) is 11.8 Å². The van der Waals surface area contributed by atoms with Crippen molar-refractivity contribution in [2.45, 2.75) is 12.2 Å². The van der Waals surface area contributed by atoms with Gasteiger partial charge in [-0.25, -0.2) is 0 Å². The first-order valence-corrected chi connectivity index (χ1v) is 5.51. The van der Waals surface area contributed by atoms with Gasteiger partial charge in [-0.15, -0.1) is 0 Å². The summed E-state index contributed by atoms with van der Waals surface area (Å²) in [7, 11) is 0. The van der Waals surface area contributed by atoms with Gasteiger partial charge in [-0.3, -0.25) is 4.79 Å². The third kappa shape index (κ3) is 3.48. The maximum absolute atomic E-state index is 10.1. The van der Waals surface area contributed by atoms with Crippen molar-refractivity contribution in [2.24, 2.45) is 0 Å². The van der Waals surface area contributed by atoms with Crippen LogP contribution in [0.5, 0.6) is 0 Å². The Balaban J connectivity index is 2.78. The molecule has 2 unspecified atom stereocenters. The van der Waals surface area contributed by atoms with Crippen LogP contribution in [0.2, 0.25) is 0 Å². The minimum atomic E-state index is -0.929. The molecule has 0 spiro atoms. The zero-order valence-corrected chi connectivity index (χ0v) is 9.55. The Hall–Kier alpha value is -1.10. The first kappa shape index (κ1) is 13.0. The van der Waals surface area contributed by atoms with E-state index in [2.05, 4.69) is 12.6 Å². The van der Waals surface area contributed by atoms with E-state index >= 15 is 0 Å². The smallest absolute Gasteiger partial charge is 0.142 e. The zero-order chi connectivity index (χ0) is 12.0. The molecule has 0 aliphatic rings. The molecule has 0 aliphatic carbocycles. The number of hydrogen-bond acceptors (Lipinski definition) is 4. The zero-order valence-electron chi connectivity index (χ0n) is 8.65. The number of thiol groups is 1. The third-order valence-corrected chi connectivity index (χ3v) is 2.57. The van der Waals surface area contributed by atoms with Crippen molar-refractivity contribution in [1.29, 1.82) is 0 Å². The van der Waals surface area contributed by atoms with E-state index in [1.165, 1.54) is 6.08 Å². The van der Waals surface area contributed by atoms with Gasteiger partial charge < -0.3 is 10.2 Å². The average molecular weight is 238 g/mol. The fourth-order valence-corrected chi connectivity index (χ4v) is 1.48. The highest BCUT2D eigenvalue weighted by Crippen LogP contribution is 2.18. The lowest BCUT2D eigenvalue weighted by Crippen LogP contribution is -2.19. The third-order valence-electron chi connectivity index (χ3n) is 2.20. The van der Waals surface area contributed by atoms with Crippen LogP contribution in [0.15, 0.2) is 30.3 Å². The fraction of sp³-hybridized carbons (Fsp3) is 0.250. The molecule has 0 aromatic heterocycles. The predicted octanol–water partition coefficient (Wildman–Crippen LogP) is 1.22.